The second kappa shape index (κ2) is 5.70. The van der Waals surface area contributed by atoms with Gasteiger partial charge in [0.1, 0.15) is 0 Å². The van der Waals surface area contributed by atoms with Gasteiger partial charge in [-0.15, -0.1) is 0 Å². The van der Waals surface area contributed by atoms with Crippen molar-refractivity contribution in [3.63, 3.8) is 0 Å². The lowest BCUT2D eigenvalue weighted by Crippen LogP contribution is -1.81. The van der Waals surface area contributed by atoms with Crippen molar-refractivity contribution in [1.29, 1.82) is 0 Å². The summed E-state index contributed by atoms with van der Waals surface area (Å²) in [6.07, 6.45) is 8.14. The summed E-state index contributed by atoms with van der Waals surface area (Å²) in [6, 6.07) is 14.4. The number of halogens is 1. The van der Waals surface area contributed by atoms with Gasteiger partial charge in [0.2, 0.25) is 0 Å². The molecule has 4 nitrogen and oxygen atoms in total. The largest absolute Gasteiger partial charge is 0.355 e. The van der Waals surface area contributed by atoms with E-state index < -0.39 is 0 Å². The first-order chi connectivity index (χ1) is 12.2. The van der Waals surface area contributed by atoms with Gasteiger partial charge in [-0.2, -0.15) is 0 Å². The Morgan fingerprint density at radius 1 is 0.640 bits per heavy atom. The average molecular weight is 436 g/mol. The number of rotatable bonds is 0. The average Bonchev–Trinajstić information content (AvgIpc) is 3.36. The third kappa shape index (κ3) is 2.80. The molecule has 0 saturated carbocycles. The Kier molecular flexibility index (Phi) is 3.34. The van der Waals surface area contributed by atoms with Crippen molar-refractivity contribution in [2.24, 2.45) is 0 Å². The van der Waals surface area contributed by atoms with Crippen LogP contribution in [-0.2, 0) is 0 Å². The molecular formula is C20H13IN4. The molecule has 2 aliphatic rings. The lowest BCUT2D eigenvalue weighted by molar-refractivity contribution is 1.30. The van der Waals surface area contributed by atoms with Crippen molar-refractivity contribution < 1.29 is 0 Å². The topological polar surface area (TPSA) is 57.4 Å². The molecule has 0 amide bonds. The molecule has 0 aromatic carbocycles. The molecule has 25 heavy (non-hydrogen) atoms. The number of aromatic nitrogens is 4. The summed E-state index contributed by atoms with van der Waals surface area (Å²) in [4.78, 5) is 16.2. The predicted molar refractivity (Wildman–Crippen MR) is 112 cm³/mol. The minimum atomic E-state index is 0.938. The smallest absolute Gasteiger partial charge is 0.0792 e. The summed E-state index contributed by atoms with van der Waals surface area (Å²) in [5.41, 5.74) is 7.93. The Labute approximate surface area is 157 Å². The molecule has 5 heterocycles. The molecule has 3 aromatic heterocycles. The molecule has 2 N–H and O–H groups in total. The Hall–Kier alpha value is -2.67. The quantitative estimate of drug-likeness (QED) is 0.326. The summed E-state index contributed by atoms with van der Waals surface area (Å²) in [6.45, 7) is 0. The van der Waals surface area contributed by atoms with Gasteiger partial charge in [0.05, 0.1) is 31.9 Å². The summed E-state index contributed by atoms with van der Waals surface area (Å²) in [5, 5.41) is 0. The Balaban J connectivity index is 1.88. The van der Waals surface area contributed by atoms with Crippen molar-refractivity contribution in [3.05, 3.63) is 68.8 Å². The highest BCUT2D eigenvalue weighted by molar-refractivity contribution is 14.1. The van der Waals surface area contributed by atoms with Gasteiger partial charge in [0, 0.05) is 16.6 Å². The van der Waals surface area contributed by atoms with Crippen LogP contribution in [0.25, 0.3) is 46.4 Å². The summed E-state index contributed by atoms with van der Waals surface area (Å²) in [5.74, 6) is 0. The zero-order chi connectivity index (χ0) is 16.8. The predicted octanol–water partition coefficient (Wildman–Crippen LogP) is 5.26. The normalized spacial score (nSPS) is 12.7. The second-order valence-corrected chi connectivity index (χ2v) is 7.07. The van der Waals surface area contributed by atoms with Crippen molar-refractivity contribution in [1.82, 2.24) is 19.9 Å². The van der Waals surface area contributed by atoms with Gasteiger partial charge in [-0.05, 0) is 89.4 Å². The van der Waals surface area contributed by atoms with Crippen molar-refractivity contribution in [2.45, 2.75) is 0 Å². The summed E-state index contributed by atoms with van der Waals surface area (Å²) < 4.78 is 1.10. The summed E-state index contributed by atoms with van der Waals surface area (Å²) >= 11 is 2.34. The van der Waals surface area contributed by atoms with Crippen LogP contribution >= 0.6 is 22.6 Å². The molecule has 2 aliphatic heterocycles. The number of aromatic amines is 2. The fraction of sp³-hybridized carbons (Fsp3) is 0. The van der Waals surface area contributed by atoms with E-state index in [4.69, 9.17) is 4.98 Å². The zero-order valence-electron chi connectivity index (χ0n) is 13.1. The van der Waals surface area contributed by atoms with Gasteiger partial charge in [0.15, 0.2) is 0 Å². The first-order valence-corrected chi connectivity index (χ1v) is 9.04. The third-order valence-corrected chi connectivity index (χ3v) is 5.29. The van der Waals surface area contributed by atoms with E-state index in [1.54, 1.807) is 0 Å². The molecule has 0 spiro atoms. The zero-order valence-corrected chi connectivity index (χ0v) is 15.3. The Morgan fingerprint density at radius 2 is 1.20 bits per heavy atom. The maximum Gasteiger partial charge on any atom is 0.0792 e. The van der Waals surface area contributed by atoms with Crippen LogP contribution in [0, 0.1) is 3.57 Å². The number of H-pyrrole nitrogens is 2. The van der Waals surface area contributed by atoms with E-state index in [0.717, 1.165) is 48.4 Å². The molecule has 5 rings (SSSR count). The fourth-order valence-electron chi connectivity index (χ4n) is 2.97. The van der Waals surface area contributed by atoms with Crippen molar-refractivity contribution in [2.75, 3.05) is 0 Å². The van der Waals surface area contributed by atoms with Gasteiger partial charge in [-0.3, -0.25) is 0 Å². The Bertz CT molecular complexity index is 1210. The molecule has 0 radical (unpaired) electrons. The van der Waals surface area contributed by atoms with E-state index >= 15 is 0 Å². The molecule has 120 valence electrons. The van der Waals surface area contributed by atoms with Gasteiger partial charge in [-0.25, -0.2) is 9.97 Å². The molecule has 0 atom stereocenters. The fourth-order valence-corrected chi connectivity index (χ4v) is 3.59. The molecule has 8 bridgehead atoms. The molecule has 0 saturated heterocycles. The lowest BCUT2D eigenvalue weighted by Gasteiger charge is -1.91. The van der Waals surface area contributed by atoms with E-state index in [0.29, 0.717) is 0 Å². The molecule has 5 heteroatoms. The van der Waals surface area contributed by atoms with Gasteiger partial charge in [-0.1, -0.05) is 0 Å². The van der Waals surface area contributed by atoms with Crippen LogP contribution in [0.1, 0.15) is 22.8 Å². The monoisotopic (exact) mass is 436 g/mol. The van der Waals surface area contributed by atoms with E-state index in [9.17, 15) is 0 Å². The lowest BCUT2D eigenvalue weighted by atomic mass is 10.3. The van der Waals surface area contributed by atoms with E-state index in [2.05, 4.69) is 67.9 Å². The summed E-state index contributed by atoms with van der Waals surface area (Å²) in [7, 11) is 0. The standard InChI is InChI=1S/C20H13IN4/c21-20-18-7-5-16(24-18)10-14-3-1-12(22-14)9-13-2-4-15(23-13)11-17-6-8-19(20)25-17/h1-11,22,25H. The van der Waals surface area contributed by atoms with Crippen LogP contribution in [-0.4, -0.2) is 19.9 Å². The molecular weight excluding hydrogens is 423 g/mol. The van der Waals surface area contributed by atoms with Gasteiger partial charge in [0.25, 0.3) is 0 Å². The van der Waals surface area contributed by atoms with Crippen LogP contribution < -0.4 is 0 Å². The van der Waals surface area contributed by atoms with E-state index in [1.165, 1.54) is 0 Å². The molecule has 0 unspecified atom stereocenters. The third-order valence-electron chi connectivity index (χ3n) is 4.16. The minimum absolute atomic E-state index is 0.938. The van der Waals surface area contributed by atoms with Crippen LogP contribution in [0.2, 0.25) is 0 Å². The van der Waals surface area contributed by atoms with Crippen LogP contribution in [0.5, 0.6) is 0 Å². The van der Waals surface area contributed by atoms with Crippen molar-refractivity contribution in [3.8, 4) is 0 Å². The van der Waals surface area contributed by atoms with Crippen LogP contribution in [0.3, 0.4) is 0 Å². The molecule has 3 aromatic rings. The van der Waals surface area contributed by atoms with Crippen LogP contribution in [0.4, 0.5) is 0 Å². The number of hydrogen-bond acceptors (Lipinski definition) is 2. The van der Waals surface area contributed by atoms with Gasteiger partial charge >= 0.3 is 0 Å². The number of hydrogen-bond donors (Lipinski definition) is 2. The number of nitrogens with zero attached hydrogens (tertiary/aromatic N) is 2. The van der Waals surface area contributed by atoms with Crippen LogP contribution in [0.15, 0.2) is 42.5 Å². The highest BCUT2D eigenvalue weighted by atomic mass is 127. The number of nitrogens with one attached hydrogen (secondary N) is 2. The van der Waals surface area contributed by atoms with E-state index in [1.807, 2.05) is 36.4 Å². The van der Waals surface area contributed by atoms with Crippen molar-refractivity contribution >= 4 is 69.0 Å². The van der Waals surface area contributed by atoms with E-state index in [-0.39, 0.29) is 0 Å². The Morgan fingerprint density at radius 3 is 1.92 bits per heavy atom. The van der Waals surface area contributed by atoms with Gasteiger partial charge < -0.3 is 9.97 Å². The number of fused-ring (bicyclic) bond motifs is 8. The SMILES string of the molecule is Ic1c2nc(cc3ccc(cc4nc(cc5ccc1[nH]5)C=C4)[nH]3)C=C2. The first kappa shape index (κ1) is 14.7. The highest BCUT2D eigenvalue weighted by Crippen LogP contribution is 2.22. The highest BCUT2D eigenvalue weighted by Gasteiger charge is 2.05. The second-order valence-electron chi connectivity index (χ2n) is 5.99. The first-order valence-electron chi connectivity index (χ1n) is 7.96. The molecule has 0 aliphatic carbocycles. The molecule has 0 fully saturated rings. The maximum atomic E-state index is 4.73. The minimum Gasteiger partial charge on any atom is -0.355 e. The maximum absolute atomic E-state index is 4.73.